The molecule has 2 heterocycles. The summed E-state index contributed by atoms with van der Waals surface area (Å²) in [5, 5.41) is 0. The molecule has 0 saturated carbocycles. The Morgan fingerprint density at radius 3 is 1.61 bits per heavy atom. The summed E-state index contributed by atoms with van der Waals surface area (Å²) in [6.45, 7) is 0.284. The molecule has 6 heteroatoms. The molecule has 0 atom stereocenters. The lowest BCUT2D eigenvalue weighted by Gasteiger charge is -2.04. The van der Waals surface area contributed by atoms with E-state index in [4.69, 9.17) is 18.9 Å². The summed E-state index contributed by atoms with van der Waals surface area (Å²) < 4.78 is 20.9. The third-order valence-corrected chi connectivity index (χ3v) is 3.71. The lowest BCUT2D eigenvalue weighted by atomic mass is 10.0. The number of ketones is 2. The largest absolute Gasteiger partial charge is 0.454 e. The first-order valence-electron chi connectivity index (χ1n) is 7.06. The molecule has 0 amide bonds. The van der Waals surface area contributed by atoms with Crippen molar-refractivity contribution >= 4 is 11.6 Å². The topological polar surface area (TPSA) is 71.1 Å². The van der Waals surface area contributed by atoms with Gasteiger partial charge in [0, 0.05) is 11.1 Å². The molecule has 4 rings (SSSR count). The third-order valence-electron chi connectivity index (χ3n) is 3.71. The predicted molar refractivity (Wildman–Crippen MR) is 78.4 cm³/mol. The number of hydrogen-bond donors (Lipinski definition) is 0. The molecule has 2 aromatic rings. The zero-order valence-corrected chi connectivity index (χ0v) is 12.0. The Bertz CT molecular complexity index is 743. The van der Waals surface area contributed by atoms with Crippen LogP contribution in [-0.2, 0) is 0 Å². The van der Waals surface area contributed by atoms with Gasteiger partial charge in [-0.25, -0.2) is 0 Å². The Morgan fingerprint density at radius 2 is 1.13 bits per heavy atom. The van der Waals surface area contributed by atoms with Crippen LogP contribution in [0.5, 0.6) is 23.0 Å². The maximum Gasteiger partial charge on any atom is 0.231 e. The summed E-state index contributed by atoms with van der Waals surface area (Å²) in [5.41, 5.74) is 0.840. The fourth-order valence-electron chi connectivity index (χ4n) is 2.49. The van der Waals surface area contributed by atoms with Gasteiger partial charge in [-0.05, 0) is 36.4 Å². The molecule has 0 aromatic heterocycles. The Balaban J connectivity index is 1.51. The molecular weight excluding hydrogens is 300 g/mol. The van der Waals surface area contributed by atoms with Crippen molar-refractivity contribution in [2.24, 2.45) is 0 Å². The van der Waals surface area contributed by atoms with Gasteiger partial charge in [-0.1, -0.05) is 0 Å². The minimum absolute atomic E-state index is 0.142. The summed E-state index contributed by atoms with van der Waals surface area (Å²) in [5.74, 6) is 1.70. The van der Waals surface area contributed by atoms with Crippen molar-refractivity contribution in [3.8, 4) is 23.0 Å². The van der Waals surface area contributed by atoms with Crippen molar-refractivity contribution in [3.05, 3.63) is 47.5 Å². The van der Waals surface area contributed by atoms with Crippen molar-refractivity contribution in [1.82, 2.24) is 0 Å². The number of carbonyl (C=O) groups is 2. The average molecular weight is 312 g/mol. The highest BCUT2D eigenvalue weighted by Crippen LogP contribution is 2.34. The van der Waals surface area contributed by atoms with Crippen molar-refractivity contribution in [1.29, 1.82) is 0 Å². The van der Waals surface area contributed by atoms with Crippen molar-refractivity contribution in [2.75, 3.05) is 13.6 Å². The van der Waals surface area contributed by atoms with Crippen LogP contribution in [0.2, 0.25) is 0 Å². The van der Waals surface area contributed by atoms with Gasteiger partial charge in [0.1, 0.15) is 0 Å². The Hall–Kier alpha value is -3.02. The number of Topliss-reactive ketones (excluding diaryl/α,β-unsaturated/α-hetero) is 2. The molecule has 116 valence electrons. The van der Waals surface area contributed by atoms with Crippen LogP contribution < -0.4 is 18.9 Å². The molecule has 0 fully saturated rings. The van der Waals surface area contributed by atoms with Crippen LogP contribution >= 0.6 is 0 Å². The summed E-state index contributed by atoms with van der Waals surface area (Å²) in [6, 6.07) is 9.78. The van der Waals surface area contributed by atoms with E-state index >= 15 is 0 Å². The highest BCUT2D eigenvalue weighted by Gasteiger charge is 2.20. The summed E-state index contributed by atoms with van der Waals surface area (Å²) >= 11 is 0. The highest BCUT2D eigenvalue weighted by atomic mass is 16.7. The van der Waals surface area contributed by atoms with Crippen molar-refractivity contribution < 1.29 is 28.5 Å². The van der Waals surface area contributed by atoms with Gasteiger partial charge in [-0.2, -0.15) is 0 Å². The molecule has 0 unspecified atom stereocenters. The molecule has 23 heavy (non-hydrogen) atoms. The van der Waals surface area contributed by atoms with Gasteiger partial charge in [0.05, 0.1) is 6.42 Å². The van der Waals surface area contributed by atoms with Gasteiger partial charge < -0.3 is 18.9 Å². The maximum absolute atomic E-state index is 12.3. The average Bonchev–Trinajstić information content (AvgIpc) is 3.21. The van der Waals surface area contributed by atoms with Gasteiger partial charge in [-0.3, -0.25) is 9.59 Å². The van der Waals surface area contributed by atoms with Crippen LogP contribution in [0.25, 0.3) is 0 Å². The van der Waals surface area contributed by atoms with Crippen LogP contribution in [0.4, 0.5) is 0 Å². The van der Waals surface area contributed by atoms with Crippen LogP contribution in [0.1, 0.15) is 27.1 Å². The second kappa shape index (κ2) is 5.31. The standard InChI is InChI=1S/C17H12O6/c18-12(10-1-3-14-16(5-10)22-8-20-14)7-13(19)11-2-4-15-17(6-11)23-9-21-15/h1-6H,7-9H2. The van der Waals surface area contributed by atoms with E-state index in [9.17, 15) is 9.59 Å². The molecule has 6 nitrogen and oxygen atoms in total. The van der Waals surface area contributed by atoms with E-state index in [0.29, 0.717) is 34.1 Å². The maximum atomic E-state index is 12.3. The smallest absolute Gasteiger partial charge is 0.231 e. The van der Waals surface area contributed by atoms with E-state index in [0.717, 1.165) is 0 Å². The number of carbonyl (C=O) groups excluding carboxylic acids is 2. The molecule has 2 aromatic carbocycles. The molecule has 0 radical (unpaired) electrons. The number of benzene rings is 2. The van der Waals surface area contributed by atoms with Gasteiger partial charge in [0.2, 0.25) is 13.6 Å². The first-order chi connectivity index (χ1) is 11.2. The third kappa shape index (κ3) is 2.48. The second-order valence-electron chi connectivity index (χ2n) is 5.16. The minimum atomic E-state index is -0.272. The Morgan fingerprint density at radius 1 is 0.696 bits per heavy atom. The number of ether oxygens (including phenoxy) is 4. The van der Waals surface area contributed by atoms with E-state index in [2.05, 4.69) is 0 Å². The lowest BCUT2D eigenvalue weighted by molar-refractivity contribution is 0.0893. The summed E-state index contributed by atoms with van der Waals surface area (Å²) in [7, 11) is 0. The molecule has 0 saturated heterocycles. The monoisotopic (exact) mass is 312 g/mol. The number of rotatable bonds is 4. The van der Waals surface area contributed by atoms with Gasteiger partial charge in [-0.15, -0.1) is 0 Å². The fourth-order valence-corrected chi connectivity index (χ4v) is 2.49. The number of hydrogen-bond acceptors (Lipinski definition) is 6. The minimum Gasteiger partial charge on any atom is -0.454 e. The fraction of sp³-hybridized carbons (Fsp3) is 0.176. The Kier molecular flexibility index (Phi) is 3.15. The summed E-state index contributed by atoms with van der Waals surface area (Å²) in [6.07, 6.45) is -0.223. The van der Waals surface area contributed by atoms with Crippen LogP contribution in [-0.4, -0.2) is 25.2 Å². The number of fused-ring (bicyclic) bond motifs is 2. The van der Waals surface area contributed by atoms with Gasteiger partial charge in [0.25, 0.3) is 0 Å². The van der Waals surface area contributed by atoms with E-state index < -0.39 is 0 Å². The van der Waals surface area contributed by atoms with E-state index in [1.54, 1.807) is 36.4 Å². The molecule has 0 bridgehead atoms. The van der Waals surface area contributed by atoms with Gasteiger partial charge >= 0.3 is 0 Å². The molecule has 2 aliphatic rings. The molecule has 0 N–H and O–H groups in total. The lowest BCUT2D eigenvalue weighted by Crippen LogP contribution is -2.08. The van der Waals surface area contributed by atoms with E-state index in [1.807, 2.05) is 0 Å². The SMILES string of the molecule is O=C(CC(=O)c1ccc2c(c1)OCO2)c1ccc2c(c1)OCO2. The van der Waals surface area contributed by atoms with Crippen LogP contribution in [0, 0.1) is 0 Å². The van der Waals surface area contributed by atoms with Crippen molar-refractivity contribution in [3.63, 3.8) is 0 Å². The first kappa shape index (κ1) is 13.6. The predicted octanol–water partition coefficient (Wildman–Crippen LogP) is 2.60. The Labute approximate surface area is 131 Å². The molecule has 0 spiro atoms. The second-order valence-corrected chi connectivity index (χ2v) is 5.16. The summed E-state index contributed by atoms with van der Waals surface area (Å²) in [4.78, 5) is 24.6. The zero-order valence-electron chi connectivity index (χ0n) is 12.0. The molecule has 2 aliphatic heterocycles. The quantitative estimate of drug-likeness (QED) is 0.638. The molecular formula is C17H12O6. The van der Waals surface area contributed by atoms with E-state index in [1.165, 1.54) is 0 Å². The first-order valence-corrected chi connectivity index (χ1v) is 7.06. The molecule has 0 aliphatic carbocycles. The van der Waals surface area contributed by atoms with Crippen LogP contribution in [0.15, 0.2) is 36.4 Å². The highest BCUT2D eigenvalue weighted by molar-refractivity contribution is 6.13. The normalized spacial score (nSPS) is 13.9. The van der Waals surface area contributed by atoms with E-state index in [-0.39, 0.29) is 31.6 Å². The van der Waals surface area contributed by atoms with Crippen LogP contribution in [0.3, 0.4) is 0 Å². The van der Waals surface area contributed by atoms with Gasteiger partial charge in [0.15, 0.2) is 34.6 Å². The van der Waals surface area contributed by atoms with Crippen molar-refractivity contribution in [2.45, 2.75) is 6.42 Å². The zero-order chi connectivity index (χ0) is 15.8.